The fraction of sp³-hybridized carbons (Fsp3) is 0.545. The predicted octanol–water partition coefficient (Wildman–Crippen LogP) is -2.42. The number of hydrogen-bond donors (Lipinski definition) is 5. The largest absolute Gasteiger partial charge is 0.394 e. The Bertz CT molecular complexity index is 663. The molecule has 114 valence electrons. The lowest BCUT2D eigenvalue weighted by Gasteiger charge is -2.27. The quantitative estimate of drug-likeness (QED) is 0.418. The van der Waals surface area contributed by atoms with Gasteiger partial charge in [0.25, 0.3) is 5.91 Å². The van der Waals surface area contributed by atoms with Crippen molar-refractivity contribution < 1.29 is 25.2 Å². The number of anilines is 1. The highest BCUT2D eigenvalue weighted by Crippen LogP contribution is 2.35. The molecule has 21 heavy (non-hydrogen) atoms. The van der Waals surface area contributed by atoms with Gasteiger partial charge in [0.05, 0.1) is 6.61 Å². The van der Waals surface area contributed by atoms with Crippen molar-refractivity contribution in [3.63, 3.8) is 0 Å². The Morgan fingerprint density at radius 2 is 2.14 bits per heavy atom. The zero-order chi connectivity index (χ0) is 15.2. The second-order valence-electron chi connectivity index (χ2n) is 4.69. The first-order valence-corrected chi connectivity index (χ1v) is 6.26. The van der Waals surface area contributed by atoms with Crippen LogP contribution in [0.25, 0.3) is 11.2 Å². The molecule has 3 heterocycles. The van der Waals surface area contributed by atoms with Gasteiger partial charge < -0.3 is 30.5 Å². The molecule has 1 fully saturated rings. The molecular weight excluding hydrogens is 282 g/mol. The third-order valence-corrected chi connectivity index (χ3v) is 3.51. The van der Waals surface area contributed by atoms with Crippen LogP contribution in [0, 0.1) is 0 Å². The van der Waals surface area contributed by atoms with Crippen molar-refractivity contribution in [3.8, 4) is 0 Å². The van der Waals surface area contributed by atoms with Gasteiger partial charge in [-0.05, 0) is 0 Å². The number of aromatic nitrogens is 4. The van der Waals surface area contributed by atoms with E-state index in [2.05, 4.69) is 20.3 Å². The van der Waals surface area contributed by atoms with Gasteiger partial charge in [0.15, 0.2) is 23.1 Å². The van der Waals surface area contributed by atoms with Crippen LogP contribution in [0.5, 0.6) is 0 Å². The fourth-order valence-corrected chi connectivity index (χ4v) is 2.38. The molecule has 0 aromatic carbocycles. The van der Waals surface area contributed by atoms with Gasteiger partial charge in [-0.25, -0.2) is 15.0 Å². The maximum Gasteiger partial charge on any atom is 0.286 e. The van der Waals surface area contributed by atoms with E-state index in [4.69, 9.17) is 9.84 Å². The summed E-state index contributed by atoms with van der Waals surface area (Å²) in [5.74, 6) is -1.84. The average Bonchev–Trinajstić information content (AvgIpc) is 3.03. The van der Waals surface area contributed by atoms with Gasteiger partial charge in [0, 0.05) is 7.05 Å². The van der Waals surface area contributed by atoms with Gasteiger partial charge >= 0.3 is 0 Å². The summed E-state index contributed by atoms with van der Waals surface area (Å²) in [5.41, 5.74) is 0.577. The molecule has 2 aromatic rings. The van der Waals surface area contributed by atoms with E-state index in [-0.39, 0.29) is 5.65 Å². The summed E-state index contributed by atoms with van der Waals surface area (Å²) in [6.07, 6.45) is -1.75. The molecule has 0 aliphatic carbocycles. The van der Waals surface area contributed by atoms with Crippen molar-refractivity contribution in [1.29, 1.82) is 0 Å². The second-order valence-corrected chi connectivity index (χ2v) is 4.69. The van der Waals surface area contributed by atoms with Crippen LogP contribution in [-0.4, -0.2) is 71.9 Å². The number of fused-ring (bicyclic) bond motifs is 1. The van der Waals surface area contributed by atoms with E-state index < -0.39 is 30.8 Å². The van der Waals surface area contributed by atoms with Gasteiger partial charge in [-0.2, -0.15) is 0 Å². The average molecular weight is 297 g/mol. The summed E-state index contributed by atoms with van der Waals surface area (Å²) in [6.45, 7) is -0.552. The Morgan fingerprint density at radius 3 is 2.76 bits per heavy atom. The molecule has 0 radical (unpaired) electrons. The fourth-order valence-electron chi connectivity index (χ4n) is 2.38. The van der Waals surface area contributed by atoms with Gasteiger partial charge in [-0.15, -0.1) is 0 Å². The summed E-state index contributed by atoms with van der Waals surface area (Å²) in [7, 11) is 1.65. The summed E-state index contributed by atoms with van der Waals surface area (Å²) in [4.78, 5) is 12.1. The number of nitrogens with zero attached hydrogens (tertiary/aromatic N) is 4. The third kappa shape index (κ3) is 1.88. The molecule has 3 rings (SSSR count). The van der Waals surface area contributed by atoms with Crippen LogP contribution >= 0.6 is 0 Å². The predicted molar refractivity (Wildman–Crippen MR) is 69.0 cm³/mol. The number of aliphatic hydroxyl groups is 4. The Labute approximate surface area is 118 Å². The highest BCUT2D eigenvalue weighted by molar-refractivity contribution is 5.82. The number of aliphatic hydroxyl groups excluding tert-OH is 3. The van der Waals surface area contributed by atoms with E-state index in [9.17, 15) is 15.3 Å². The zero-order valence-corrected chi connectivity index (χ0v) is 11.1. The molecule has 10 nitrogen and oxygen atoms in total. The molecule has 5 N–H and O–H groups in total. The summed E-state index contributed by atoms with van der Waals surface area (Å²) < 4.78 is 6.29. The van der Waals surface area contributed by atoms with Gasteiger partial charge in [-0.1, -0.05) is 0 Å². The van der Waals surface area contributed by atoms with Crippen LogP contribution in [0.4, 0.5) is 5.82 Å². The van der Waals surface area contributed by atoms with Crippen LogP contribution in [0.1, 0.15) is 0 Å². The molecule has 0 amide bonds. The van der Waals surface area contributed by atoms with Crippen LogP contribution in [0.2, 0.25) is 0 Å². The molecule has 4 atom stereocenters. The van der Waals surface area contributed by atoms with Crippen molar-refractivity contribution >= 4 is 17.0 Å². The SMILES string of the molecule is CNc1ncnc2c1ncn2[C@]1(O)O[C@H](CO)[C@@H](O)[C@H]1O. The van der Waals surface area contributed by atoms with Crippen molar-refractivity contribution in [1.82, 2.24) is 19.5 Å². The minimum Gasteiger partial charge on any atom is -0.394 e. The van der Waals surface area contributed by atoms with Crippen LogP contribution < -0.4 is 5.32 Å². The Balaban J connectivity index is 2.12. The minimum absolute atomic E-state index is 0.210. The lowest BCUT2D eigenvalue weighted by atomic mass is 10.1. The normalized spacial score (nSPS) is 32.7. The van der Waals surface area contributed by atoms with E-state index in [1.807, 2.05) is 0 Å². The van der Waals surface area contributed by atoms with Crippen molar-refractivity contribution in [2.75, 3.05) is 19.0 Å². The number of ether oxygens (including phenoxy) is 1. The van der Waals surface area contributed by atoms with Crippen molar-refractivity contribution in [2.45, 2.75) is 24.2 Å². The first kappa shape index (κ1) is 14.1. The van der Waals surface area contributed by atoms with E-state index in [1.54, 1.807) is 7.05 Å². The first-order valence-electron chi connectivity index (χ1n) is 6.26. The van der Waals surface area contributed by atoms with Gasteiger partial charge in [-0.3, -0.25) is 4.57 Å². The highest BCUT2D eigenvalue weighted by atomic mass is 16.7. The maximum absolute atomic E-state index is 10.6. The molecule has 1 aliphatic heterocycles. The Kier molecular flexibility index (Phi) is 3.26. The Morgan fingerprint density at radius 1 is 1.38 bits per heavy atom. The third-order valence-electron chi connectivity index (χ3n) is 3.51. The molecular formula is C11H15N5O5. The van der Waals surface area contributed by atoms with Gasteiger partial charge in [0.2, 0.25) is 0 Å². The molecule has 0 spiro atoms. The maximum atomic E-state index is 10.6. The smallest absolute Gasteiger partial charge is 0.286 e. The van der Waals surface area contributed by atoms with E-state index in [0.717, 1.165) is 4.57 Å². The molecule has 0 unspecified atom stereocenters. The molecule has 10 heteroatoms. The standard InChI is InChI=1S/C11H15N5O5/c1-12-9-6-10(14-3-13-9)16(4-15-6)11(20)8(19)7(18)5(2-17)21-11/h3-5,7-8,17-20H,2H2,1H3,(H,12,13,14)/t5-,7-,8-,11-/m1/s1. The first-order chi connectivity index (χ1) is 10.0. The minimum atomic E-state index is -2.28. The van der Waals surface area contributed by atoms with Crippen molar-refractivity contribution in [2.24, 2.45) is 0 Å². The van der Waals surface area contributed by atoms with Gasteiger partial charge in [0.1, 0.15) is 24.9 Å². The second kappa shape index (κ2) is 4.86. The van der Waals surface area contributed by atoms with E-state index >= 15 is 0 Å². The summed E-state index contributed by atoms with van der Waals surface area (Å²) in [5, 5.41) is 42.3. The molecule has 1 saturated heterocycles. The topological polar surface area (TPSA) is 146 Å². The molecule has 2 aromatic heterocycles. The lowest BCUT2D eigenvalue weighted by Crippen LogP contribution is -2.45. The summed E-state index contributed by atoms with van der Waals surface area (Å²) in [6, 6.07) is 0. The zero-order valence-electron chi connectivity index (χ0n) is 11.1. The van der Waals surface area contributed by atoms with Crippen LogP contribution in [0.3, 0.4) is 0 Å². The number of nitrogens with one attached hydrogen (secondary N) is 1. The monoisotopic (exact) mass is 297 g/mol. The number of rotatable bonds is 3. The lowest BCUT2D eigenvalue weighted by molar-refractivity contribution is -0.287. The van der Waals surface area contributed by atoms with Crippen molar-refractivity contribution in [3.05, 3.63) is 12.7 Å². The van der Waals surface area contributed by atoms with E-state index in [1.165, 1.54) is 12.7 Å². The summed E-state index contributed by atoms with van der Waals surface area (Å²) >= 11 is 0. The van der Waals surface area contributed by atoms with Crippen LogP contribution in [-0.2, 0) is 10.6 Å². The number of imidazole rings is 1. The Hall–Kier alpha value is -1.85. The molecule has 1 aliphatic rings. The van der Waals surface area contributed by atoms with E-state index in [0.29, 0.717) is 11.3 Å². The molecule has 0 saturated carbocycles. The molecule has 0 bridgehead atoms. The number of hydrogen-bond acceptors (Lipinski definition) is 9. The van der Waals surface area contributed by atoms with Crippen LogP contribution in [0.15, 0.2) is 12.7 Å². The highest BCUT2D eigenvalue weighted by Gasteiger charge is 2.55.